The van der Waals surface area contributed by atoms with Crippen LogP contribution in [0.5, 0.6) is 0 Å². The van der Waals surface area contributed by atoms with Gasteiger partial charge in [0.25, 0.3) is 0 Å². The number of hydrogen-bond donors (Lipinski definition) is 0. The third kappa shape index (κ3) is 4.32. The Morgan fingerprint density at radius 2 is 0.893 bits per heavy atom. The van der Waals surface area contributed by atoms with Crippen molar-refractivity contribution in [3.05, 3.63) is 91.7 Å². The minimum atomic E-state index is -0.299. The van der Waals surface area contributed by atoms with Crippen molar-refractivity contribution in [2.24, 2.45) is 0 Å². The molecule has 0 aliphatic carbocycles. The van der Waals surface area contributed by atoms with Gasteiger partial charge in [0.15, 0.2) is 0 Å². The molecule has 0 radical (unpaired) electrons. The Bertz CT molecular complexity index is 850. The minimum absolute atomic E-state index is 0. The van der Waals surface area contributed by atoms with E-state index in [1.165, 1.54) is 27.8 Å². The molecule has 2 heterocycles. The van der Waals surface area contributed by atoms with Gasteiger partial charge in [-0.15, -0.1) is 5.56 Å². The Hall–Kier alpha value is -0.506. The number of benzene rings is 1. The van der Waals surface area contributed by atoms with Crippen molar-refractivity contribution in [2.75, 3.05) is 0 Å². The zero-order valence-corrected chi connectivity index (χ0v) is 21.9. The first-order valence-electron chi connectivity index (χ1n) is 9.78. The maximum absolute atomic E-state index is 2.65. The molecular weight excluding hydrogens is 410 g/mol. The third-order valence-corrected chi connectivity index (χ3v) is 12.0. The molecule has 1 aromatic carbocycles. The van der Waals surface area contributed by atoms with E-state index in [9.17, 15) is 0 Å². The van der Waals surface area contributed by atoms with Gasteiger partial charge in [0.1, 0.15) is 0 Å². The second-order valence-corrected chi connectivity index (χ2v) is 12.6. The monoisotopic (exact) mass is 442 g/mol. The van der Waals surface area contributed by atoms with Crippen molar-refractivity contribution < 1.29 is 21.7 Å². The van der Waals surface area contributed by atoms with Crippen LogP contribution in [0.4, 0.5) is 0 Å². The maximum Gasteiger partial charge on any atom is 2.00 e. The largest absolute Gasteiger partial charge is 2.00 e. The first-order valence-corrected chi connectivity index (χ1v) is 12.6. The number of rotatable bonds is 5. The summed E-state index contributed by atoms with van der Waals surface area (Å²) in [6.45, 7) is 18.5. The summed E-state index contributed by atoms with van der Waals surface area (Å²) in [5.74, 6) is 0.399. The quantitative estimate of drug-likeness (QED) is 0.274. The van der Waals surface area contributed by atoms with E-state index in [2.05, 4.69) is 98.0 Å². The molecule has 146 valence electrons. The van der Waals surface area contributed by atoms with E-state index in [1.54, 1.807) is 21.2 Å². The first kappa shape index (κ1) is 23.8. The summed E-state index contributed by atoms with van der Waals surface area (Å²) in [6, 6.07) is 11.1. The second-order valence-electron chi connectivity index (χ2n) is 7.82. The fraction of sp³-hybridized carbons (Fsp3) is 0.360. The third-order valence-electron chi connectivity index (χ3n) is 6.55. The van der Waals surface area contributed by atoms with Crippen LogP contribution in [0.1, 0.15) is 54.9 Å². The van der Waals surface area contributed by atoms with Gasteiger partial charge in [-0.05, 0) is 77.6 Å². The number of hydrogen-bond acceptors (Lipinski definition) is 0. The molecule has 3 aromatic rings. The van der Waals surface area contributed by atoms with E-state index < -0.39 is 0 Å². The Balaban J connectivity index is 0.00000280. The molecule has 0 atom stereocenters. The van der Waals surface area contributed by atoms with Gasteiger partial charge in [0, 0.05) is 0 Å². The van der Waals surface area contributed by atoms with Crippen LogP contribution in [0.15, 0.2) is 30.3 Å². The summed E-state index contributed by atoms with van der Waals surface area (Å²) in [5, 5.41) is 6.33. The summed E-state index contributed by atoms with van der Waals surface area (Å²) >= 11 is 0. The fourth-order valence-electron chi connectivity index (χ4n) is 3.97. The smallest absolute Gasteiger partial charge is 0.301 e. The van der Waals surface area contributed by atoms with E-state index in [1.807, 2.05) is 0 Å². The van der Waals surface area contributed by atoms with Crippen LogP contribution in [0, 0.1) is 67.7 Å². The van der Waals surface area contributed by atoms with Crippen molar-refractivity contribution in [1.29, 1.82) is 0 Å². The Morgan fingerprint density at radius 1 is 0.571 bits per heavy atom. The fourth-order valence-corrected chi connectivity index (χ4v) is 9.28. The van der Waals surface area contributed by atoms with Crippen LogP contribution in [0.25, 0.3) is 0 Å². The second kappa shape index (κ2) is 9.54. The van der Waals surface area contributed by atoms with E-state index in [-0.39, 0.29) is 36.8 Å². The van der Waals surface area contributed by atoms with Gasteiger partial charge in [0.05, 0.1) is 0 Å². The molecule has 0 aliphatic rings. The Morgan fingerprint density at radius 3 is 1.21 bits per heavy atom. The molecule has 0 unspecified atom stereocenters. The molecule has 0 N–H and O–H groups in total. The van der Waals surface area contributed by atoms with E-state index in [0.717, 1.165) is 0 Å². The van der Waals surface area contributed by atoms with Crippen LogP contribution in [0.3, 0.4) is 0 Å². The minimum Gasteiger partial charge on any atom is -0.301 e. The predicted octanol–water partition coefficient (Wildman–Crippen LogP) is 8.63. The topological polar surface area (TPSA) is 0 Å². The van der Waals surface area contributed by atoms with Crippen molar-refractivity contribution in [1.82, 2.24) is 0 Å². The SMILES string of the molecule is Cc1c(C)c(C)p([CH-]C([CH-]p2c(C)c(C)c(C)c2C)c2ccccc2)c1C.[Ti+2]. The predicted molar refractivity (Wildman–Crippen MR) is 125 cm³/mol. The van der Waals surface area contributed by atoms with Crippen molar-refractivity contribution in [2.45, 2.75) is 61.3 Å². The molecule has 0 spiro atoms. The van der Waals surface area contributed by atoms with Crippen molar-refractivity contribution in [3.8, 4) is 0 Å². The summed E-state index contributed by atoms with van der Waals surface area (Å²) in [6.07, 6.45) is 5.31. The average Bonchev–Trinajstić information content (AvgIpc) is 2.97. The van der Waals surface area contributed by atoms with Gasteiger partial charge in [0.2, 0.25) is 0 Å². The summed E-state index contributed by atoms with van der Waals surface area (Å²) in [5.41, 5.74) is 7.45. The van der Waals surface area contributed by atoms with Crippen molar-refractivity contribution in [3.63, 3.8) is 0 Å². The molecule has 0 amide bonds. The summed E-state index contributed by atoms with van der Waals surface area (Å²) in [7, 11) is -0.598. The molecule has 0 nitrogen and oxygen atoms in total. The van der Waals surface area contributed by atoms with Gasteiger partial charge in [-0.3, -0.25) is 21.0 Å². The zero-order chi connectivity index (χ0) is 19.9. The van der Waals surface area contributed by atoms with Gasteiger partial charge in [-0.2, -0.15) is 0 Å². The Kier molecular flexibility index (Phi) is 8.10. The van der Waals surface area contributed by atoms with Gasteiger partial charge >= 0.3 is 21.7 Å². The standard InChI is InChI=1S/C25H32P2.Ti/c1-16-17(2)21(6)26(20(16)5)14-25(24-12-10-9-11-13-24)15-27-22(7)18(3)19(4)23(27)8;/h9-15,25H,1-8H3;/q-2;+2. The first-order chi connectivity index (χ1) is 12.7. The van der Waals surface area contributed by atoms with Crippen molar-refractivity contribution >= 4 is 15.1 Å². The molecule has 0 aliphatic heterocycles. The van der Waals surface area contributed by atoms with Crippen LogP contribution in [-0.4, -0.2) is 0 Å². The van der Waals surface area contributed by atoms with Crippen LogP contribution in [-0.2, 0) is 21.7 Å². The van der Waals surface area contributed by atoms with E-state index >= 15 is 0 Å². The summed E-state index contributed by atoms with van der Waals surface area (Å²) in [4.78, 5) is 0. The summed E-state index contributed by atoms with van der Waals surface area (Å²) < 4.78 is 0. The molecule has 0 bridgehead atoms. The van der Waals surface area contributed by atoms with Crippen LogP contribution in [0.2, 0.25) is 0 Å². The molecule has 3 heteroatoms. The Labute approximate surface area is 189 Å². The molecule has 0 fully saturated rings. The zero-order valence-electron chi connectivity index (χ0n) is 18.5. The molecule has 28 heavy (non-hydrogen) atoms. The van der Waals surface area contributed by atoms with Gasteiger partial charge in [-0.1, -0.05) is 51.5 Å². The molecule has 2 aromatic heterocycles. The molecular formula is C25H32P2Ti. The van der Waals surface area contributed by atoms with E-state index in [0.29, 0.717) is 5.92 Å². The maximum atomic E-state index is 2.65. The van der Waals surface area contributed by atoms with Crippen LogP contribution >= 0.6 is 15.1 Å². The molecule has 0 saturated carbocycles. The van der Waals surface area contributed by atoms with Crippen LogP contribution < -0.4 is 0 Å². The molecule has 0 saturated heterocycles. The van der Waals surface area contributed by atoms with Gasteiger partial charge < -0.3 is 12.3 Å². The van der Waals surface area contributed by atoms with E-state index in [4.69, 9.17) is 0 Å². The normalized spacial score (nSPS) is 11.2. The average molecular weight is 442 g/mol. The van der Waals surface area contributed by atoms with Gasteiger partial charge in [-0.25, -0.2) is 0 Å². The molecule has 3 rings (SSSR count).